The number of likely N-dealkylation sites (N-methyl/N-ethyl adjacent to an activating group) is 1. The quantitative estimate of drug-likeness (QED) is 0.308. The molecule has 1 unspecified atom stereocenters. The summed E-state index contributed by atoms with van der Waals surface area (Å²) in [6.45, 7) is 3.37. The number of halogens is 1. The monoisotopic (exact) mass is 294 g/mol. The van der Waals surface area contributed by atoms with Gasteiger partial charge >= 0.3 is 0 Å². The molecular formula is C15H23FN4O. The molecule has 5 nitrogen and oxygen atoms in total. The van der Waals surface area contributed by atoms with Crippen LogP contribution in [-0.4, -0.2) is 41.6 Å². The fourth-order valence-corrected chi connectivity index (χ4v) is 2.37. The molecule has 0 radical (unpaired) electrons. The fraction of sp³-hybridized carbons (Fsp3) is 0.533. The number of hydrogen-bond acceptors (Lipinski definition) is 4. The van der Waals surface area contributed by atoms with E-state index in [1.807, 2.05) is 0 Å². The van der Waals surface area contributed by atoms with Gasteiger partial charge in [0, 0.05) is 30.7 Å². The minimum absolute atomic E-state index is 0.125. The molecular weight excluding hydrogens is 271 g/mol. The third-order valence-corrected chi connectivity index (χ3v) is 4.04. The molecule has 0 heterocycles. The zero-order chi connectivity index (χ0) is 15.4. The highest BCUT2D eigenvalue weighted by Crippen LogP contribution is 2.26. The number of nitrogens with one attached hydrogen (secondary N) is 1. The standard InChI is InChI=1S/C15H23FN4O/c1-10(20(2)12-6-7-12)8-18-9-11-4-3-5-13(14(11)16)15(17)19-21/h3-5,10,12,18,21H,6-9H2,1-2H3,(H2,17,19). The van der Waals surface area contributed by atoms with Crippen molar-refractivity contribution in [1.82, 2.24) is 10.2 Å². The van der Waals surface area contributed by atoms with E-state index in [0.717, 1.165) is 6.54 Å². The van der Waals surface area contributed by atoms with Crippen LogP contribution in [0.1, 0.15) is 30.9 Å². The zero-order valence-electron chi connectivity index (χ0n) is 12.5. The smallest absolute Gasteiger partial charge is 0.173 e. The Morgan fingerprint density at radius 1 is 1.57 bits per heavy atom. The third-order valence-electron chi connectivity index (χ3n) is 4.04. The zero-order valence-corrected chi connectivity index (χ0v) is 12.5. The van der Waals surface area contributed by atoms with Crippen molar-refractivity contribution >= 4 is 5.84 Å². The lowest BCUT2D eigenvalue weighted by Crippen LogP contribution is -2.39. The Hall–Kier alpha value is -1.66. The number of rotatable bonds is 7. The summed E-state index contributed by atoms with van der Waals surface area (Å²) in [5.41, 5.74) is 6.09. The molecule has 0 aromatic heterocycles. The highest BCUT2D eigenvalue weighted by molar-refractivity contribution is 5.97. The van der Waals surface area contributed by atoms with Crippen LogP contribution in [0.2, 0.25) is 0 Å². The van der Waals surface area contributed by atoms with Crippen molar-refractivity contribution in [2.75, 3.05) is 13.6 Å². The van der Waals surface area contributed by atoms with Crippen molar-refractivity contribution < 1.29 is 9.60 Å². The van der Waals surface area contributed by atoms with E-state index < -0.39 is 5.82 Å². The molecule has 1 aliphatic rings. The van der Waals surface area contributed by atoms with E-state index in [9.17, 15) is 4.39 Å². The van der Waals surface area contributed by atoms with E-state index in [2.05, 4.69) is 29.3 Å². The molecule has 6 heteroatoms. The summed E-state index contributed by atoms with van der Waals surface area (Å²) in [6.07, 6.45) is 2.55. The number of nitrogens with two attached hydrogens (primary N) is 1. The van der Waals surface area contributed by atoms with Crippen molar-refractivity contribution in [1.29, 1.82) is 0 Å². The topological polar surface area (TPSA) is 73.9 Å². The van der Waals surface area contributed by atoms with Gasteiger partial charge in [0.05, 0.1) is 5.56 Å². The maximum atomic E-state index is 14.2. The minimum atomic E-state index is -0.441. The normalized spacial score (nSPS) is 17.2. The second-order valence-corrected chi connectivity index (χ2v) is 5.64. The van der Waals surface area contributed by atoms with E-state index in [1.165, 1.54) is 18.9 Å². The molecule has 0 amide bonds. The van der Waals surface area contributed by atoms with Gasteiger partial charge in [-0.05, 0) is 32.9 Å². The summed E-state index contributed by atoms with van der Waals surface area (Å²) < 4.78 is 14.2. The molecule has 1 atom stereocenters. The molecule has 1 fully saturated rings. The molecule has 1 aliphatic carbocycles. The van der Waals surface area contributed by atoms with Crippen LogP contribution in [0.3, 0.4) is 0 Å². The Morgan fingerprint density at radius 2 is 2.29 bits per heavy atom. The minimum Gasteiger partial charge on any atom is -0.409 e. The number of benzene rings is 1. The summed E-state index contributed by atoms with van der Waals surface area (Å²) >= 11 is 0. The average Bonchev–Trinajstić information content (AvgIpc) is 3.32. The van der Waals surface area contributed by atoms with Crippen LogP contribution < -0.4 is 11.1 Å². The van der Waals surface area contributed by atoms with Crippen LogP contribution in [0, 0.1) is 5.82 Å². The highest BCUT2D eigenvalue weighted by atomic mass is 19.1. The van der Waals surface area contributed by atoms with Gasteiger partial charge in [0.25, 0.3) is 0 Å². The average molecular weight is 294 g/mol. The van der Waals surface area contributed by atoms with E-state index in [4.69, 9.17) is 10.9 Å². The van der Waals surface area contributed by atoms with Gasteiger partial charge in [-0.1, -0.05) is 17.3 Å². The Bertz CT molecular complexity index is 516. The van der Waals surface area contributed by atoms with Crippen molar-refractivity contribution in [2.45, 2.75) is 38.4 Å². The molecule has 1 saturated carbocycles. The first-order valence-electron chi connectivity index (χ1n) is 7.22. The SMILES string of the molecule is CC(CNCc1cccc(/C(N)=N/O)c1F)N(C)C1CC1. The molecule has 0 aliphatic heterocycles. The maximum Gasteiger partial charge on any atom is 0.173 e. The van der Waals surface area contributed by atoms with Crippen LogP contribution in [-0.2, 0) is 6.54 Å². The largest absolute Gasteiger partial charge is 0.409 e. The summed E-state index contributed by atoms with van der Waals surface area (Å²) in [6, 6.07) is 6.02. The maximum absolute atomic E-state index is 14.2. The number of amidine groups is 1. The fourth-order valence-electron chi connectivity index (χ4n) is 2.37. The van der Waals surface area contributed by atoms with Crippen LogP contribution in [0.4, 0.5) is 4.39 Å². The van der Waals surface area contributed by atoms with E-state index in [1.54, 1.807) is 12.1 Å². The Balaban J connectivity index is 1.91. The van der Waals surface area contributed by atoms with Crippen molar-refractivity contribution in [3.05, 3.63) is 35.1 Å². The van der Waals surface area contributed by atoms with Crippen LogP contribution >= 0.6 is 0 Å². The first kappa shape index (κ1) is 15.7. The van der Waals surface area contributed by atoms with E-state index in [-0.39, 0.29) is 11.4 Å². The Labute approximate surface area is 124 Å². The molecule has 0 saturated heterocycles. The number of hydrogen-bond donors (Lipinski definition) is 3. The Morgan fingerprint density at radius 3 is 2.90 bits per heavy atom. The van der Waals surface area contributed by atoms with Gasteiger partial charge in [0.2, 0.25) is 0 Å². The van der Waals surface area contributed by atoms with Gasteiger partial charge < -0.3 is 16.3 Å². The van der Waals surface area contributed by atoms with Crippen molar-refractivity contribution in [3.8, 4) is 0 Å². The summed E-state index contributed by atoms with van der Waals surface area (Å²) in [7, 11) is 2.13. The van der Waals surface area contributed by atoms with Gasteiger partial charge in [-0.3, -0.25) is 4.90 Å². The molecule has 4 N–H and O–H groups in total. The number of nitrogens with zero attached hydrogens (tertiary/aromatic N) is 2. The van der Waals surface area contributed by atoms with Crippen LogP contribution in [0.5, 0.6) is 0 Å². The second kappa shape index (κ2) is 6.87. The van der Waals surface area contributed by atoms with Gasteiger partial charge in [-0.2, -0.15) is 0 Å². The number of oxime groups is 1. The van der Waals surface area contributed by atoms with Crippen molar-refractivity contribution in [2.24, 2.45) is 10.9 Å². The lowest BCUT2D eigenvalue weighted by Gasteiger charge is -2.24. The Kier molecular flexibility index (Phi) is 5.14. The predicted octanol–water partition coefficient (Wildman–Crippen LogP) is 1.49. The first-order chi connectivity index (χ1) is 10.0. The second-order valence-electron chi connectivity index (χ2n) is 5.64. The molecule has 0 spiro atoms. The van der Waals surface area contributed by atoms with Crippen LogP contribution in [0.25, 0.3) is 0 Å². The third kappa shape index (κ3) is 3.92. The molecule has 1 aromatic carbocycles. The molecule has 116 valence electrons. The molecule has 0 bridgehead atoms. The van der Waals surface area contributed by atoms with Crippen LogP contribution in [0.15, 0.2) is 23.4 Å². The molecule has 21 heavy (non-hydrogen) atoms. The molecule has 2 rings (SSSR count). The first-order valence-corrected chi connectivity index (χ1v) is 7.22. The van der Waals surface area contributed by atoms with Gasteiger partial charge in [-0.25, -0.2) is 4.39 Å². The van der Waals surface area contributed by atoms with E-state index >= 15 is 0 Å². The predicted molar refractivity (Wildman–Crippen MR) is 80.9 cm³/mol. The molecule has 1 aromatic rings. The lowest BCUT2D eigenvalue weighted by atomic mass is 10.1. The van der Waals surface area contributed by atoms with Gasteiger partial charge in [0.1, 0.15) is 5.82 Å². The summed E-state index contributed by atoms with van der Waals surface area (Å²) in [4.78, 5) is 2.36. The highest BCUT2D eigenvalue weighted by Gasteiger charge is 2.28. The van der Waals surface area contributed by atoms with Gasteiger partial charge in [0.15, 0.2) is 5.84 Å². The van der Waals surface area contributed by atoms with Crippen molar-refractivity contribution in [3.63, 3.8) is 0 Å². The summed E-state index contributed by atoms with van der Waals surface area (Å²) in [5, 5.41) is 14.8. The lowest BCUT2D eigenvalue weighted by molar-refractivity contribution is 0.241. The summed E-state index contributed by atoms with van der Waals surface area (Å²) in [5.74, 6) is -0.653. The van der Waals surface area contributed by atoms with Gasteiger partial charge in [-0.15, -0.1) is 0 Å². The van der Waals surface area contributed by atoms with E-state index in [0.29, 0.717) is 24.2 Å².